The lowest BCUT2D eigenvalue weighted by Crippen LogP contribution is -2.19. The summed E-state index contributed by atoms with van der Waals surface area (Å²) < 4.78 is 62.9. The monoisotopic (exact) mass is 496 g/mol. The van der Waals surface area contributed by atoms with E-state index in [2.05, 4.69) is 9.71 Å². The molecule has 1 fully saturated rings. The molecule has 5 rings (SSSR count). The van der Waals surface area contributed by atoms with Gasteiger partial charge >= 0.3 is 0 Å². The van der Waals surface area contributed by atoms with Crippen molar-refractivity contribution in [3.05, 3.63) is 83.8 Å². The van der Waals surface area contributed by atoms with Gasteiger partial charge in [-0.3, -0.25) is 9.71 Å². The first-order valence-corrected chi connectivity index (χ1v) is 12.6. The van der Waals surface area contributed by atoms with Crippen molar-refractivity contribution < 1.29 is 21.9 Å². The molecule has 0 aliphatic carbocycles. The van der Waals surface area contributed by atoms with Gasteiger partial charge in [-0.15, -0.1) is 0 Å². The number of pyridine rings is 1. The maximum absolute atomic E-state index is 13.6. The highest BCUT2D eigenvalue weighted by Gasteiger charge is 2.22. The minimum atomic E-state index is -4.22. The molecule has 1 unspecified atom stereocenters. The van der Waals surface area contributed by atoms with Crippen molar-refractivity contribution in [1.29, 1.82) is 0 Å². The Kier molecular flexibility index (Phi) is 6.31. The van der Waals surface area contributed by atoms with Gasteiger partial charge in [0, 0.05) is 29.9 Å². The molecule has 2 aromatic heterocycles. The molecule has 1 N–H and O–H groups in total. The van der Waals surface area contributed by atoms with Crippen LogP contribution in [0.2, 0.25) is 0 Å². The zero-order valence-corrected chi connectivity index (χ0v) is 19.4. The normalized spacial score (nSPS) is 16.7. The molecule has 1 atom stereocenters. The summed E-state index contributed by atoms with van der Waals surface area (Å²) in [6.45, 7) is 0.646. The first-order chi connectivity index (χ1) is 16.9. The van der Waals surface area contributed by atoms with E-state index in [9.17, 15) is 17.2 Å². The maximum Gasteiger partial charge on any atom is 0.262 e. The highest BCUT2D eigenvalue weighted by molar-refractivity contribution is 7.92. The zero-order chi connectivity index (χ0) is 24.4. The Morgan fingerprint density at radius 2 is 1.86 bits per heavy atom. The number of ether oxygens (including phenoxy) is 1. The number of hydrogen-bond donors (Lipinski definition) is 1. The third-order valence-corrected chi connectivity index (χ3v) is 7.02. The topological polar surface area (TPSA) is 86.1 Å². The SMILES string of the molecule is O=S(=O)(Nc1ccc2c(c1)c(C=Cc1ccccn1)nn2C1CCCCO1)c1cc(F)cc(F)c1. The van der Waals surface area contributed by atoms with E-state index in [1.165, 1.54) is 0 Å². The third kappa shape index (κ3) is 5.08. The number of fused-ring (bicyclic) bond motifs is 1. The second-order valence-electron chi connectivity index (χ2n) is 8.18. The van der Waals surface area contributed by atoms with E-state index in [0.717, 1.165) is 42.6 Å². The molecule has 1 aliphatic heterocycles. The zero-order valence-electron chi connectivity index (χ0n) is 18.6. The highest BCUT2D eigenvalue weighted by Crippen LogP contribution is 2.31. The fourth-order valence-electron chi connectivity index (χ4n) is 4.02. The number of halogens is 2. The molecule has 10 heteroatoms. The molecular formula is C25H22F2N4O3S. The molecule has 1 aliphatic rings. The van der Waals surface area contributed by atoms with Crippen molar-refractivity contribution in [2.45, 2.75) is 30.4 Å². The van der Waals surface area contributed by atoms with E-state index >= 15 is 0 Å². The number of aromatic nitrogens is 3. The van der Waals surface area contributed by atoms with Crippen LogP contribution in [0.1, 0.15) is 36.9 Å². The van der Waals surface area contributed by atoms with Gasteiger partial charge in [0.05, 0.1) is 21.8 Å². The Balaban J connectivity index is 1.54. The number of benzene rings is 2. The van der Waals surface area contributed by atoms with E-state index < -0.39 is 26.6 Å². The van der Waals surface area contributed by atoms with Gasteiger partial charge in [-0.05, 0) is 73.9 Å². The first kappa shape index (κ1) is 23.1. The molecule has 2 aromatic carbocycles. The van der Waals surface area contributed by atoms with Gasteiger partial charge in [0.25, 0.3) is 10.0 Å². The summed E-state index contributed by atoms with van der Waals surface area (Å²) >= 11 is 0. The summed E-state index contributed by atoms with van der Waals surface area (Å²) in [5.74, 6) is -1.95. The molecule has 180 valence electrons. The second-order valence-corrected chi connectivity index (χ2v) is 9.86. The Morgan fingerprint density at radius 3 is 2.57 bits per heavy atom. The van der Waals surface area contributed by atoms with Gasteiger partial charge in [-0.25, -0.2) is 21.9 Å². The summed E-state index contributed by atoms with van der Waals surface area (Å²) in [5.41, 5.74) is 2.36. The quantitative estimate of drug-likeness (QED) is 0.387. The number of sulfonamides is 1. The average Bonchev–Trinajstić information content (AvgIpc) is 3.21. The van der Waals surface area contributed by atoms with E-state index in [-0.39, 0.29) is 11.9 Å². The van der Waals surface area contributed by atoms with Crippen LogP contribution < -0.4 is 4.72 Å². The van der Waals surface area contributed by atoms with Crippen molar-refractivity contribution in [2.75, 3.05) is 11.3 Å². The van der Waals surface area contributed by atoms with Crippen LogP contribution in [0.15, 0.2) is 65.7 Å². The Morgan fingerprint density at radius 1 is 1.03 bits per heavy atom. The minimum absolute atomic E-state index is 0.221. The van der Waals surface area contributed by atoms with E-state index in [1.807, 2.05) is 35.0 Å². The van der Waals surface area contributed by atoms with Gasteiger partial charge in [-0.2, -0.15) is 5.10 Å². The molecule has 0 radical (unpaired) electrons. The fourth-order valence-corrected chi connectivity index (χ4v) is 5.11. The molecule has 7 nitrogen and oxygen atoms in total. The van der Waals surface area contributed by atoms with Crippen molar-refractivity contribution >= 4 is 38.8 Å². The van der Waals surface area contributed by atoms with Crippen molar-refractivity contribution in [3.8, 4) is 0 Å². The van der Waals surface area contributed by atoms with Crippen LogP contribution in [0, 0.1) is 11.6 Å². The fraction of sp³-hybridized carbons (Fsp3) is 0.200. The summed E-state index contributed by atoms with van der Waals surface area (Å²) in [5, 5.41) is 5.44. The number of anilines is 1. The molecule has 35 heavy (non-hydrogen) atoms. The molecular weight excluding hydrogens is 474 g/mol. The summed E-state index contributed by atoms with van der Waals surface area (Å²) in [7, 11) is -4.22. The Bertz CT molecular complexity index is 1480. The van der Waals surface area contributed by atoms with Crippen LogP contribution in [0.5, 0.6) is 0 Å². The second kappa shape index (κ2) is 9.55. The smallest absolute Gasteiger partial charge is 0.262 e. The minimum Gasteiger partial charge on any atom is -0.356 e. The van der Waals surface area contributed by atoms with Gasteiger partial charge in [0.15, 0.2) is 6.23 Å². The van der Waals surface area contributed by atoms with E-state index in [4.69, 9.17) is 9.84 Å². The van der Waals surface area contributed by atoms with Crippen LogP contribution >= 0.6 is 0 Å². The number of nitrogens with zero attached hydrogens (tertiary/aromatic N) is 3. The summed E-state index contributed by atoms with van der Waals surface area (Å²) in [4.78, 5) is 3.78. The van der Waals surface area contributed by atoms with Gasteiger partial charge in [0.1, 0.15) is 11.6 Å². The van der Waals surface area contributed by atoms with Crippen LogP contribution in [-0.4, -0.2) is 29.8 Å². The van der Waals surface area contributed by atoms with Gasteiger partial charge in [-0.1, -0.05) is 6.07 Å². The lowest BCUT2D eigenvalue weighted by molar-refractivity contribution is -0.0367. The van der Waals surface area contributed by atoms with Crippen LogP contribution in [-0.2, 0) is 14.8 Å². The molecule has 0 bridgehead atoms. The maximum atomic E-state index is 13.6. The Labute approximate surface area is 201 Å². The largest absolute Gasteiger partial charge is 0.356 e. The predicted molar refractivity (Wildman–Crippen MR) is 129 cm³/mol. The number of hydrogen-bond acceptors (Lipinski definition) is 5. The van der Waals surface area contributed by atoms with Gasteiger partial charge in [0.2, 0.25) is 0 Å². The van der Waals surface area contributed by atoms with Crippen LogP contribution in [0.3, 0.4) is 0 Å². The first-order valence-electron chi connectivity index (χ1n) is 11.1. The van der Waals surface area contributed by atoms with Crippen molar-refractivity contribution in [2.24, 2.45) is 0 Å². The highest BCUT2D eigenvalue weighted by atomic mass is 32.2. The van der Waals surface area contributed by atoms with Crippen molar-refractivity contribution in [3.63, 3.8) is 0 Å². The lowest BCUT2D eigenvalue weighted by Gasteiger charge is -2.23. The Hall–Kier alpha value is -3.63. The number of nitrogens with one attached hydrogen (secondary N) is 1. The van der Waals surface area contributed by atoms with E-state index in [1.54, 1.807) is 24.4 Å². The van der Waals surface area contributed by atoms with Crippen LogP contribution in [0.25, 0.3) is 23.1 Å². The lowest BCUT2D eigenvalue weighted by atomic mass is 10.1. The molecule has 3 heterocycles. The average molecular weight is 497 g/mol. The van der Waals surface area contributed by atoms with Gasteiger partial charge < -0.3 is 4.74 Å². The van der Waals surface area contributed by atoms with Crippen LogP contribution in [0.4, 0.5) is 14.5 Å². The molecule has 0 spiro atoms. The third-order valence-electron chi connectivity index (χ3n) is 5.66. The molecule has 4 aromatic rings. The molecule has 0 amide bonds. The summed E-state index contributed by atoms with van der Waals surface area (Å²) in [6, 6.07) is 12.7. The standard InChI is InChI=1S/C25H22F2N4O3S/c26-17-13-18(27)15-21(14-17)35(32,33)30-20-8-10-24-22(16-20)23(9-7-19-5-1-3-11-28-19)29-31(24)25-6-2-4-12-34-25/h1,3,5,7-11,13-16,25,30H,2,4,6,12H2. The summed E-state index contributed by atoms with van der Waals surface area (Å²) in [6.07, 6.45) is 7.93. The molecule has 0 saturated carbocycles. The van der Waals surface area contributed by atoms with Crippen molar-refractivity contribution in [1.82, 2.24) is 14.8 Å². The van der Waals surface area contributed by atoms with E-state index in [0.29, 0.717) is 23.8 Å². The molecule has 1 saturated heterocycles. The number of rotatable bonds is 6. The predicted octanol–water partition coefficient (Wildman–Crippen LogP) is 5.38.